The van der Waals surface area contributed by atoms with Gasteiger partial charge in [0.15, 0.2) is 0 Å². The minimum atomic E-state index is -0.929. The Bertz CT molecular complexity index is 383. The summed E-state index contributed by atoms with van der Waals surface area (Å²) in [7, 11) is 0. The Morgan fingerprint density at radius 3 is 2.71 bits per heavy atom. The van der Waals surface area contributed by atoms with Crippen molar-refractivity contribution in [2.45, 2.75) is 18.5 Å². The third-order valence-electron chi connectivity index (χ3n) is 3.00. The minimum Gasteiger partial charge on any atom is -0.480 e. The molecule has 0 aromatic heterocycles. The molecule has 0 radical (unpaired) electrons. The Hall–Kier alpha value is -1.43. The van der Waals surface area contributed by atoms with E-state index < -0.39 is 12.0 Å². The van der Waals surface area contributed by atoms with E-state index in [1.807, 2.05) is 30.3 Å². The lowest BCUT2D eigenvalue weighted by Gasteiger charge is -2.34. The molecule has 92 valence electrons. The highest BCUT2D eigenvalue weighted by atomic mass is 16.5. The molecule has 1 aliphatic rings. The Balaban J connectivity index is 1.94. The van der Waals surface area contributed by atoms with Gasteiger partial charge in [-0.3, -0.25) is 4.79 Å². The van der Waals surface area contributed by atoms with Crippen LogP contribution in [0.15, 0.2) is 30.3 Å². The lowest BCUT2D eigenvalue weighted by atomic mass is 10.0. The zero-order chi connectivity index (χ0) is 12.3. The maximum absolute atomic E-state index is 10.8. The number of carbonyl (C=O) groups is 1. The highest BCUT2D eigenvalue weighted by molar-refractivity contribution is 5.73. The van der Waals surface area contributed by atoms with Gasteiger partial charge in [0.2, 0.25) is 0 Å². The quantitative estimate of drug-likeness (QED) is 0.706. The fraction of sp³-hybridized carbons (Fsp3) is 0.417. The molecule has 1 aromatic carbocycles. The van der Waals surface area contributed by atoms with Crippen molar-refractivity contribution >= 4 is 5.97 Å². The number of benzene rings is 1. The van der Waals surface area contributed by atoms with Crippen molar-refractivity contribution in [2.24, 2.45) is 0 Å². The van der Waals surface area contributed by atoms with Crippen LogP contribution >= 0.6 is 0 Å². The molecule has 5 nitrogen and oxygen atoms in total. The number of rotatable bonds is 3. The summed E-state index contributed by atoms with van der Waals surface area (Å²) in [5, 5.41) is 22.7. The third kappa shape index (κ3) is 3.03. The molecule has 5 heteroatoms. The first kappa shape index (κ1) is 12.0. The number of piperazine rings is 1. The molecule has 0 unspecified atom stereocenters. The zero-order valence-electron chi connectivity index (χ0n) is 9.41. The highest BCUT2D eigenvalue weighted by Crippen LogP contribution is 2.11. The molecule has 1 aliphatic heterocycles. The summed E-state index contributed by atoms with van der Waals surface area (Å²) in [6, 6.07) is 9.08. The number of nitrogens with zero attached hydrogens (tertiary/aromatic N) is 1. The van der Waals surface area contributed by atoms with Crippen LogP contribution in [0.25, 0.3) is 0 Å². The van der Waals surface area contributed by atoms with E-state index in [4.69, 9.17) is 5.11 Å². The van der Waals surface area contributed by atoms with Gasteiger partial charge in [-0.25, -0.2) is 0 Å². The summed E-state index contributed by atoms with van der Waals surface area (Å²) < 4.78 is 0. The second-order valence-electron chi connectivity index (χ2n) is 4.26. The molecule has 0 bridgehead atoms. The number of hydrogen-bond acceptors (Lipinski definition) is 4. The number of carboxylic acid groups (broad SMARTS) is 1. The third-order valence-corrected chi connectivity index (χ3v) is 3.00. The summed E-state index contributed by atoms with van der Waals surface area (Å²) in [6.45, 7) is 0.592. The first-order chi connectivity index (χ1) is 8.16. The van der Waals surface area contributed by atoms with Crippen molar-refractivity contribution in [3.8, 4) is 0 Å². The number of carboxylic acids is 1. The lowest BCUT2D eigenvalue weighted by molar-refractivity contribution is -0.163. The second kappa shape index (κ2) is 5.27. The SMILES string of the molecule is O=C(O)[C@H]1CN(O)[C@H](Cc2ccccc2)CN1. The molecule has 1 saturated heterocycles. The number of hydroxylamine groups is 2. The Labute approximate surface area is 99.6 Å². The van der Waals surface area contributed by atoms with Crippen LogP contribution < -0.4 is 5.32 Å². The van der Waals surface area contributed by atoms with Gasteiger partial charge in [0.1, 0.15) is 6.04 Å². The number of hydrogen-bond donors (Lipinski definition) is 3. The van der Waals surface area contributed by atoms with E-state index in [0.29, 0.717) is 13.0 Å². The fourth-order valence-corrected chi connectivity index (χ4v) is 2.01. The summed E-state index contributed by atoms with van der Waals surface area (Å²) in [4.78, 5) is 10.8. The average molecular weight is 236 g/mol. The maximum atomic E-state index is 10.8. The Morgan fingerprint density at radius 1 is 1.41 bits per heavy atom. The smallest absolute Gasteiger partial charge is 0.322 e. The zero-order valence-corrected chi connectivity index (χ0v) is 9.41. The monoisotopic (exact) mass is 236 g/mol. The van der Waals surface area contributed by atoms with E-state index in [0.717, 1.165) is 10.6 Å². The van der Waals surface area contributed by atoms with Crippen molar-refractivity contribution in [3.63, 3.8) is 0 Å². The highest BCUT2D eigenvalue weighted by Gasteiger charge is 2.30. The lowest BCUT2D eigenvalue weighted by Crippen LogP contribution is -2.58. The van der Waals surface area contributed by atoms with Crippen molar-refractivity contribution in [1.29, 1.82) is 0 Å². The summed E-state index contributed by atoms with van der Waals surface area (Å²) in [6.07, 6.45) is 0.705. The van der Waals surface area contributed by atoms with Crippen LogP contribution in [-0.4, -0.2) is 46.5 Å². The van der Waals surface area contributed by atoms with E-state index in [2.05, 4.69) is 5.32 Å². The molecule has 1 heterocycles. The largest absolute Gasteiger partial charge is 0.480 e. The molecule has 0 spiro atoms. The summed E-state index contributed by atoms with van der Waals surface area (Å²) in [5.74, 6) is -0.929. The number of nitrogens with one attached hydrogen (secondary N) is 1. The van der Waals surface area contributed by atoms with Crippen molar-refractivity contribution in [2.75, 3.05) is 13.1 Å². The van der Waals surface area contributed by atoms with Gasteiger partial charge in [-0.2, -0.15) is 5.06 Å². The Morgan fingerprint density at radius 2 is 2.12 bits per heavy atom. The van der Waals surface area contributed by atoms with Crippen LogP contribution in [0.1, 0.15) is 5.56 Å². The van der Waals surface area contributed by atoms with Gasteiger partial charge in [-0.1, -0.05) is 30.3 Å². The molecule has 2 rings (SSSR count). The van der Waals surface area contributed by atoms with Crippen LogP contribution in [0.3, 0.4) is 0 Å². The molecule has 2 atom stereocenters. The van der Waals surface area contributed by atoms with Crippen LogP contribution in [0.2, 0.25) is 0 Å². The van der Waals surface area contributed by atoms with Crippen LogP contribution in [0.4, 0.5) is 0 Å². The van der Waals surface area contributed by atoms with Gasteiger partial charge < -0.3 is 15.6 Å². The number of aliphatic carboxylic acids is 1. The van der Waals surface area contributed by atoms with E-state index in [1.165, 1.54) is 0 Å². The van der Waals surface area contributed by atoms with Gasteiger partial charge >= 0.3 is 5.97 Å². The fourth-order valence-electron chi connectivity index (χ4n) is 2.01. The predicted octanol–water partition coefficient (Wildman–Crippen LogP) is 0.345. The van der Waals surface area contributed by atoms with Gasteiger partial charge in [0, 0.05) is 6.54 Å². The average Bonchev–Trinajstić information content (AvgIpc) is 2.33. The normalized spacial score (nSPS) is 25.7. The van der Waals surface area contributed by atoms with E-state index in [1.54, 1.807) is 0 Å². The van der Waals surface area contributed by atoms with Crippen LogP contribution in [0, 0.1) is 0 Å². The van der Waals surface area contributed by atoms with Crippen molar-refractivity contribution < 1.29 is 15.1 Å². The van der Waals surface area contributed by atoms with Crippen LogP contribution in [0.5, 0.6) is 0 Å². The predicted molar refractivity (Wildman–Crippen MR) is 61.9 cm³/mol. The molecule has 3 N–H and O–H groups in total. The van der Waals surface area contributed by atoms with Crippen molar-refractivity contribution in [1.82, 2.24) is 10.4 Å². The molecule has 0 aliphatic carbocycles. The first-order valence-electron chi connectivity index (χ1n) is 5.62. The molecule has 0 amide bonds. The van der Waals surface area contributed by atoms with E-state index in [9.17, 15) is 10.0 Å². The molecular formula is C12H16N2O3. The van der Waals surface area contributed by atoms with Gasteiger partial charge in [-0.15, -0.1) is 0 Å². The van der Waals surface area contributed by atoms with E-state index in [-0.39, 0.29) is 12.6 Å². The minimum absolute atomic E-state index is 0.0759. The van der Waals surface area contributed by atoms with Crippen molar-refractivity contribution in [3.05, 3.63) is 35.9 Å². The second-order valence-corrected chi connectivity index (χ2v) is 4.26. The molecule has 1 fully saturated rings. The van der Waals surface area contributed by atoms with Gasteiger partial charge in [-0.05, 0) is 12.0 Å². The molecular weight excluding hydrogens is 220 g/mol. The maximum Gasteiger partial charge on any atom is 0.322 e. The molecule has 0 saturated carbocycles. The first-order valence-corrected chi connectivity index (χ1v) is 5.62. The Kier molecular flexibility index (Phi) is 3.73. The molecule has 1 aromatic rings. The topological polar surface area (TPSA) is 72.8 Å². The van der Waals surface area contributed by atoms with Crippen LogP contribution in [-0.2, 0) is 11.2 Å². The van der Waals surface area contributed by atoms with Gasteiger partial charge in [0.25, 0.3) is 0 Å². The van der Waals surface area contributed by atoms with E-state index >= 15 is 0 Å². The van der Waals surface area contributed by atoms with Gasteiger partial charge in [0.05, 0.1) is 12.6 Å². The summed E-state index contributed by atoms with van der Waals surface area (Å²) in [5.41, 5.74) is 1.13. The standard InChI is InChI=1S/C12H16N2O3/c15-12(16)11-8-14(17)10(7-13-11)6-9-4-2-1-3-5-9/h1-5,10-11,13,17H,6-8H2,(H,15,16)/t10-,11-/m1/s1. The summed E-state index contributed by atoms with van der Waals surface area (Å²) >= 11 is 0. The molecule has 17 heavy (non-hydrogen) atoms.